The van der Waals surface area contributed by atoms with Crippen molar-refractivity contribution in [1.29, 1.82) is 0 Å². The molecule has 2 aromatic heterocycles. The average Bonchev–Trinajstić information content (AvgIpc) is 3.19. The van der Waals surface area contributed by atoms with Crippen LogP contribution >= 0.6 is 11.5 Å². The van der Waals surface area contributed by atoms with Crippen LogP contribution in [0.5, 0.6) is 0 Å². The van der Waals surface area contributed by atoms with Crippen LogP contribution in [0.15, 0.2) is 34.7 Å². The van der Waals surface area contributed by atoms with Crippen LogP contribution in [-0.4, -0.2) is 20.8 Å². The van der Waals surface area contributed by atoms with Crippen LogP contribution in [0.3, 0.4) is 0 Å². The van der Waals surface area contributed by atoms with E-state index in [9.17, 15) is 18.0 Å². The highest BCUT2D eigenvalue weighted by molar-refractivity contribution is 7.09. The second kappa shape index (κ2) is 7.60. The molecule has 0 radical (unpaired) electrons. The van der Waals surface area contributed by atoms with E-state index in [0.29, 0.717) is 17.4 Å². The molecule has 3 rings (SSSR count). The molecule has 0 saturated carbocycles. The molecule has 0 saturated heterocycles. The van der Waals surface area contributed by atoms with E-state index >= 15 is 0 Å². The monoisotopic (exact) mass is 424 g/mol. The van der Waals surface area contributed by atoms with Crippen molar-refractivity contribution in [3.05, 3.63) is 53.0 Å². The first-order valence-corrected chi connectivity index (χ1v) is 9.40. The molecule has 10 heteroatoms. The number of nitrogens with two attached hydrogens (primary N) is 1. The summed E-state index contributed by atoms with van der Waals surface area (Å²) in [6.45, 7) is 5.25. The van der Waals surface area contributed by atoms with E-state index in [1.54, 1.807) is 6.92 Å². The van der Waals surface area contributed by atoms with Gasteiger partial charge in [0.2, 0.25) is 5.13 Å². The van der Waals surface area contributed by atoms with E-state index in [-0.39, 0.29) is 22.6 Å². The number of hydrogen-bond acceptors (Lipinski definition) is 6. The van der Waals surface area contributed by atoms with Crippen LogP contribution in [0.4, 0.5) is 18.3 Å². The molecule has 0 unspecified atom stereocenters. The summed E-state index contributed by atoms with van der Waals surface area (Å²) in [5, 5.41) is 2.93. The smallest absolute Gasteiger partial charge is 0.416 e. The number of amides is 1. The van der Waals surface area contributed by atoms with Gasteiger partial charge < -0.3 is 10.2 Å². The molecule has 0 aliphatic rings. The van der Waals surface area contributed by atoms with Crippen LogP contribution in [0.25, 0.3) is 11.3 Å². The van der Waals surface area contributed by atoms with Crippen molar-refractivity contribution in [3.63, 3.8) is 0 Å². The fraction of sp³-hybridized carbons (Fsp3) is 0.316. The van der Waals surface area contributed by atoms with E-state index in [2.05, 4.69) is 14.7 Å². The maximum absolute atomic E-state index is 12.9. The summed E-state index contributed by atoms with van der Waals surface area (Å²) in [6, 6.07) is 6.14. The zero-order valence-corrected chi connectivity index (χ0v) is 16.7. The first kappa shape index (κ1) is 21.0. The predicted octanol–water partition coefficient (Wildman–Crippen LogP) is 4.66. The van der Waals surface area contributed by atoms with E-state index in [1.807, 2.05) is 13.8 Å². The lowest BCUT2D eigenvalue weighted by Crippen LogP contribution is -2.34. The van der Waals surface area contributed by atoms with E-state index in [0.717, 1.165) is 23.7 Å². The molecule has 1 amide bonds. The molecule has 0 aliphatic carbocycles. The zero-order chi connectivity index (χ0) is 21.4. The van der Waals surface area contributed by atoms with E-state index in [1.165, 1.54) is 18.2 Å². The number of nitrogens with zero attached hydrogens (tertiary/aromatic N) is 2. The normalized spacial score (nSPS) is 12.2. The molecular weight excluding hydrogens is 405 g/mol. The molecule has 0 bridgehead atoms. The molecule has 154 valence electrons. The summed E-state index contributed by atoms with van der Waals surface area (Å²) >= 11 is 1.02. The van der Waals surface area contributed by atoms with Gasteiger partial charge in [-0.15, -0.1) is 0 Å². The van der Waals surface area contributed by atoms with Gasteiger partial charge in [-0.05, 0) is 39.0 Å². The van der Waals surface area contributed by atoms with Crippen molar-refractivity contribution in [2.45, 2.75) is 38.9 Å². The number of carbonyl (C=O) groups excluding carboxylic acids is 1. The first-order chi connectivity index (χ1) is 13.4. The van der Waals surface area contributed by atoms with Crippen LogP contribution in [0, 0.1) is 6.92 Å². The Morgan fingerprint density at radius 3 is 2.66 bits per heavy atom. The van der Waals surface area contributed by atoms with Crippen molar-refractivity contribution >= 4 is 22.6 Å². The number of carbonyl (C=O) groups is 1. The summed E-state index contributed by atoms with van der Waals surface area (Å²) in [7, 11) is 0. The minimum absolute atomic E-state index is 0.168. The van der Waals surface area contributed by atoms with Crippen LogP contribution in [-0.2, 0) is 12.6 Å². The number of halogens is 3. The Kier molecular flexibility index (Phi) is 5.50. The molecule has 0 atom stereocenters. The Balaban J connectivity index is 1.79. The zero-order valence-electron chi connectivity index (χ0n) is 15.9. The SMILES string of the molecule is Cc1oc(-c2cccc(C(F)(F)F)c2)cc1C(=O)Nc1nc(CC(C)(C)N)ns1. The van der Waals surface area contributed by atoms with Crippen molar-refractivity contribution in [2.75, 3.05) is 5.32 Å². The van der Waals surface area contributed by atoms with Crippen LogP contribution in [0.2, 0.25) is 0 Å². The van der Waals surface area contributed by atoms with Gasteiger partial charge in [0.1, 0.15) is 17.3 Å². The Morgan fingerprint density at radius 1 is 1.28 bits per heavy atom. The molecule has 3 N–H and O–H groups in total. The Hall–Kier alpha value is -2.72. The second-order valence-corrected chi connectivity index (χ2v) is 8.05. The molecule has 3 aromatic rings. The van der Waals surface area contributed by atoms with Gasteiger partial charge in [0.25, 0.3) is 5.91 Å². The number of alkyl halides is 3. The minimum atomic E-state index is -4.47. The Labute approximate surface area is 169 Å². The molecule has 0 fully saturated rings. The third-order valence-electron chi connectivity index (χ3n) is 3.94. The molecule has 0 spiro atoms. The number of aryl methyl sites for hydroxylation is 1. The van der Waals surface area contributed by atoms with Gasteiger partial charge in [0.15, 0.2) is 0 Å². The molecule has 1 aromatic carbocycles. The maximum Gasteiger partial charge on any atom is 0.416 e. The molecular formula is C19H19F3N4O2S. The quantitative estimate of drug-likeness (QED) is 0.621. The van der Waals surface area contributed by atoms with E-state index < -0.39 is 23.2 Å². The summed E-state index contributed by atoms with van der Waals surface area (Å²) < 4.78 is 48.5. The van der Waals surface area contributed by atoms with Gasteiger partial charge in [0, 0.05) is 29.1 Å². The average molecular weight is 424 g/mol. The molecule has 29 heavy (non-hydrogen) atoms. The maximum atomic E-state index is 12.9. The molecule has 6 nitrogen and oxygen atoms in total. The topological polar surface area (TPSA) is 94.0 Å². The highest BCUT2D eigenvalue weighted by atomic mass is 32.1. The van der Waals surface area contributed by atoms with Gasteiger partial charge >= 0.3 is 6.18 Å². The van der Waals surface area contributed by atoms with Crippen molar-refractivity contribution in [2.24, 2.45) is 5.73 Å². The van der Waals surface area contributed by atoms with Gasteiger partial charge in [-0.25, -0.2) is 4.98 Å². The predicted molar refractivity (Wildman–Crippen MR) is 104 cm³/mol. The molecule has 2 heterocycles. The van der Waals surface area contributed by atoms with Gasteiger partial charge in [-0.3, -0.25) is 10.1 Å². The lowest BCUT2D eigenvalue weighted by Gasteiger charge is -2.15. The van der Waals surface area contributed by atoms with Gasteiger partial charge in [-0.2, -0.15) is 17.5 Å². The van der Waals surface area contributed by atoms with Crippen molar-refractivity contribution in [1.82, 2.24) is 9.36 Å². The van der Waals surface area contributed by atoms with Gasteiger partial charge in [0.05, 0.1) is 11.1 Å². The Morgan fingerprint density at radius 2 is 2.00 bits per heavy atom. The van der Waals surface area contributed by atoms with Crippen molar-refractivity contribution in [3.8, 4) is 11.3 Å². The van der Waals surface area contributed by atoms with Gasteiger partial charge in [-0.1, -0.05) is 12.1 Å². The lowest BCUT2D eigenvalue weighted by molar-refractivity contribution is -0.137. The standard InChI is InChI=1S/C19H19F3N4O2S/c1-10-13(16(27)25-17-24-15(26-29-17)9-18(2,3)23)8-14(28-10)11-5-4-6-12(7-11)19(20,21)22/h4-8H,9,23H2,1-3H3,(H,24,25,26,27). The number of benzene rings is 1. The highest BCUT2D eigenvalue weighted by Crippen LogP contribution is 2.33. The second-order valence-electron chi connectivity index (χ2n) is 7.29. The number of nitrogens with one attached hydrogen (secondary N) is 1. The van der Waals surface area contributed by atoms with E-state index in [4.69, 9.17) is 10.2 Å². The summed E-state index contributed by atoms with van der Waals surface area (Å²) in [5.41, 5.74) is 5.09. The number of rotatable bonds is 5. The highest BCUT2D eigenvalue weighted by Gasteiger charge is 2.31. The number of hydrogen-bond donors (Lipinski definition) is 2. The minimum Gasteiger partial charge on any atom is -0.461 e. The van der Waals surface area contributed by atoms with Crippen molar-refractivity contribution < 1.29 is 22.4 Å². The summed E-state index contributed by atoms with van der Waals surface area (Å²) in [6.07, 6.45) is -4.02. The largest absolute Gasteiger partial charge is 0.461 e. The lowest BCUT2D eigenvalue weighted by atomic mass is 10.0. The fourth-order valence-corrected chi connectivity index (χ4v) is 3.23. The summed E-state index contributed by atoms with van der Waals surface area (Å²) in [4.78, 5) is 16.8. The number of anilines is 1. The van der Waals surface area contributed by atoms with Crippen LogP contribution < -0.4 is 11.1 Å². The van der Waals surface area contributed by atoms with Crippen LogP contribution in [0.1, 0.15) is 41.4 Å². The fourth-order valence-electron chi connectivity index (χ4n) is 2.65. The molecule has 0 aliphatic heterocycles. The summed E-state index contributed by atoms with van der Waals surface area (Å²) in [5.74, 6) is 0.481. The number of aromatic nitrogens is 2. The Bertz CT molecular complexity index is 1030. The first-order valence-electron chi connectivity index (χ1n) is 8.63. The third-order valence-corrected chi connectivity index (χ3v) is 4.61. The third kappa shape index (κ3) is 5.21. The number of furan rings is 1.